The van der Waals surface area contributed by atoms with Gasteiger partial charge in [0.25, 0.3) is 0 Å². The molecule has 0 radical (unpaired) electrons. The van der Waals surface area contributed by atoms with E-state index >= 15 is 0 Å². The molecule has 31 heavy (non-hydrogen) atoms. The Labute approximate surface area is 184 Å². The van der Waals surface area contributed by atoms with Gasteiger partial charge in [0.15, 0.2) is 11.6 Å². The van der Waals surface area contributed by atoms with E-state index < -0.39 is 11.6 Å². The number of unbranched alkanes of at least 4 members (excludes halogenated alkanes) is 2. The Balaban J connectivity index is 1.44. The third-order valence-corrected chi connectivity index (χ3v) is 6.25. The van der Waals surface area contributed by atoms with E-state index in [1.54, 1.807) is 0 Å². The molecule has 0 N–H and O–H groups in total. The second kappa shape index (κ2) is 9.92. The summed E-state index contributed by atoms with van der Waals surface area (Å²) in [6, 6.07) is 19.5. The van der Waals surface area contributed by atoms with Crippen LogP contribution in [0.5, 0.6) is 0 Å². The molecule has 1 aliphatic carbocycles. The average molecular weight is 415 g/mol. The second-order valence-electron chi connectivity index (χ2n) is 8.47. The molecule has 4 rings (SSSR count). The highest BCUT2D eigenvalue weighted by atomic mass is 19.2. The van der Waals surface area contributed by atoms with Gasteiger partial charge in [-0.15, -0.1) is 0 Å². The van der Waals surface area contributed by atoms with Crippen LogP contribution >= 0.6 is 0 Å². The minimum atomic E-state index is -0.882. The Hall–Kier alpha value is -2.92. The number of hydrogen-bond donors (Lipinski definition) is 0. The molecular weight excluding hydrogens is 386 g/mol. The minimum Gasteiger partial charge on any atom is -0.204 e. The van der Waals surface area contributed by atoms with Crippen molar-refractivity contribution < 1.29 is 8.78 Å². The summed E-state index contributed by atoms with van der Waals surface area (Å²) in [5, 5.41) is 0. The van der Waals surface area contributed by atoms with Crippen LogP contribution in [-0.4, -0.2) is 0 Å². The maximum atomic E-state index is 13.8. The van der Waals surface area contributed by atoms with Gasteiger partial charge in [0, 0.05) is 5.56 Å². The summed E-state index contributed by atoms with van der Waals surface area (Å²) in [6.07, 6.45) is 8.17. The summed E-state index contributed by atoms with van der Waals surface area (Å²) >= 11 is 0. The summed E-state index contributed by atoms with van der Waals surface area (Å²) in [4.78, 5) is 0. The molecular formula is C29H28F2. The van der Waals surface area contributed by atoms with Gasteiger partial charge in [-0.25, -0.2) is 8.78 Å². The highest BCUT2D eigenvalue weighted by molar-refractivity contribution is 5.47. The van der Waals surface area contributed by atoms with Crippen LogP contribution in [0, 0.1) is 23.5 Å². The molecule has 0 nitrogen and oxygen atoms in total. The van der Waals surface area contributed by atoms with E-state index in [0.717, 1.165) is 30.9 Å². The lowest BCUT2D eigenvalue weighted by Gasteiger charge is -2.25. The molecule has 3 aromatic carbocycles. The summed E-state index contributed by atoms with van der Waals surface area (Å²) < 4.78 is 27.2. The molecule has 158 valence electrons. The Bertz CT molecular complexity index is 1100. The van der Waals surface area contributed by atoms with Crippen molar-refractivity contribution in [2.45, 2.75) is 57.8 Å². The Morgan fingerprint density at radius 3 is 2.55 bits per heavy atom. The van der Waals surface area contributed by atoms with Crippen LogP contribution in [0.15, 0.2) is 60.7 Å². The van der Waals surface area contributed by atoms with E-state index in [0.29, 0.717) is 5.92 Å². The fraction of sp³-hybridized carbons (Fsp3) is 0.310. The summed E-state index contributed by atoms with van der Waals surface area (Å²) in [5.41, 5.74) is 6.49. The van der Waals surface area contributed by atoms with Crippen LogP contribution in [0.1, 0.15) is 71.9 Å². The molecule has 0 aliphatic heterocycles. The molecule has 0 bridgehead atoms. The third kappa shape index (κ3) is 5.23. The van der Waals surface area contributed by atoms with Crippen molar-refractivity contribution in [2.24, 2.45) is 0 Å². The topological polar surface area (TPSA) is 0 Å². The maximum Gasteiger partial charge on any atom is 0.174 e. The van der Waals surface area contributed by atoms with E-state index in [9.17, 15) is 8.78 Å². The highest BCUT2D eigenvalue weighted by Crippen LogP contribution is 2.33. The number of hydrogen-bond acceptors (Lipinski definition) is 0. The first-order chi connectivity index (χ1) is 15.1. The molecule has 1 aliphatic rings. The molecule has 1 atom stereocenters. The van der Waals surface area contributed by atoms with Crippen molar-refractivity contribution in [3.05, 3.63) is 106 Å². The van der Waals surface area contributed by atoms with E-state index in [1.807, 2.05) is 6.07 Å². The zero-order valence-corrected chi connectivity index (χ0v) is 18.1. The lowest BCUT2D eigenvalue weighted by Crippen LogP contribution is -2.13. The minimum absolute atomic E-state index is 0.0934. The van der Waals surface area contributed by atoms with Crippen LogP contribution < -0.4 is 0 Å². The summed E-state index contributed by atoms with van der Waals surface area (Å²) in [5.74, 6) is 4.57. The molecule has 3 aromatic rings. The van der Waals surface area contributed by atoms with Gasteiger partial charge in [-0.2, -0.15) is 0 Å². The predicted molar refractivity (Wildman–Crippen MR) is 123 cm³/mol. The fourth-order valence-corrected chi connectivity index (χ4v) is 4.39. The molecule has 0 fully saturated rings. The van der Waals surface area contributed by atoms with Gasteiger partial charge < -0.3 is 0 Å². The van der Waals surface area contributed by atoms with Crippen molar-refractivity contribution in [1.29, 1.82) is 0 Å². The maximum absolute atomic E-state index is 13.8. The summed E-state index contributed by atoms with van der Waals surface area (Å²) in [6.45, 7) is 2.24. The van der Waals surface area contributed by atoms with E-state index in [4.69, 9.17) is 0 Å². The first-order valence-electron chi connectivity index (χ1n) is 11.3. The second-order valence-corrected chi connectivity index (χ2v) is 8.47. The number of rotatable bonds is 5. The monoisotopic (exact) mass is 414 g/mol. The van der Waals surface area contributed by atoms with E-state index in [-0.39, 0.29) is 5.56 Å². The normalized spacial score (nSPS) is 15.1. The van der Waals surface area contributed by atoms with Crippen LogP contribution in [0.2, 0.25) is 0 Å². The number of aryl methyl sites for hydroxylation is 2. The van der Waals surface area contributed by atoms with Crippen LogP contribution in [0.3, 0.4) is 0 Å². The van der Waals surface area contributed by atoms with E-state index in [1.165, 1.54) is 60.1 Å². The molecule has 0 saturated heterocycles. The van der Waals surface area contributed by atoms with Crippen molar-refractivity contribution in [2.75, 3.05) is 0 Å². The van der Waals surface area contributed by atoms with Gasteiger partial charge in [0.2, 0.25) is 0 Å². The van der Waals surface area contributed by atoms with Crippen molar-refractivity contribution >= 4 is 0 Å². The molecule has 2 heteroatoms. The summed E-state index contributed by atoms with van der Waals surface area (Å²) in [7, 11) is 0. The lowest BCUT2D eigenvalue weighted by molar-refractivity contribution is 0.506. The lowest BCUT2D eigenvalue weighted by atomic mass is 9.79. The number of fused-ring (bicyclic) bond motifs is 1. The Morgan fingerprint density at radius 1 is 0.903 bits per heavy atom. The molecule has 0 heterocycles. The van der Waals surface area contributed by atoms with Gasteiger partial charge in [0.1, 0.15) is 0 Å². The van der Waals surface area contributed by atoms with Gasteiger partial charge in [-0.1, -0.05) is 68.0 Å². The molecule has 0 amide bonds. The Morgan fingerprint density at radius 2 is 1.74 bits per heavy atom. The van der Waals surface area contributed by atoms with Crippen molar-refractivity contribution in [3.8, 4) is 11.8 Å². The first-order valence-corrected chi connectivity index (χ1v) is 11.3. The quantitative estimate of drug-likeness (QED) is 0.302. The average Bonchev–Trinajstić information content (AvgIpc) is 2.80. The smallest absolute Gasteiger partial charge is 0.174 e. The largest absolute Gasteiger partial charge is 0.204 e. The standard InChI is InChI=1S/C29H28F2/c1-2-3-4-6-21-9-13-23(14-10-21)26-18-17-25-19-22(12-16-27(25)20-26)11-15-24-7-5-8-28(30)29(24)31/h5,7-10,12-14,16,19,26H,2-4,6,17-18,20H2,1H3. The number of halogens is 2. The van der Waals surface area contributed by atoms with Crippen molar-refractivity contribution in [3.63, 3.8) is 0 Å². The van der Waals surface area contributed by atoms with Gasteiger partial charge in [0.05, 0.1) is 5.56 Å². The SMILES string of the molecule is CCCCCc1ccc(C2CCc3cc(C#Cc4cccc(F)c4F)ccc3C2)cc1. The highest BCUT2D eigenvalue weighted by Gasteiger charge is 2.20. The zero-order chi connectivity index (χ0) is 21.6. The molecule has 0 spiro atoms. The fourth-order valence-electron chi connectivity index (χ4n) is 4.39. The van der Waals surface area contributed by atoms with Gasteiger partial charge in [-0.05, 0) is 84.5 Å². The van der Waals surface area contributed by atoms with Crippen LogP contribution in [0.25, 0.3) is 0 Å². The molecule has 1 unspecified atom stereocenters. The zero-order valence-electron chi connectivity index (χ0n) is 18.1. The van der Waals surface area contributed by atoms with Gasteiger partial charge >= 0.3 is 0 Å². The predicted octanol–water partition coefficient (Wildman–Crippen LogP) is 7.37. The number of benzene rings is 3. The Kier molecular flexibility index (Phi) is 6.82. The molecule has 0 saturated carbocycles. The molecule has 0 aromatic heterocycles. The van der Waals surface area contributed by atoms with Crippen LogP contribution in [-0.2, 0) is 19.3 Å². The van der Waals surface area contributed by atoms with Gasteiger partial charge in [-0.3, -0.25) is 0 Å². The van der Waals surface area contributed by atoms with Crippen molar-refractivity contribution in [1.82, 2.24) is 0 Å². The van der Waals surface area contributed by atoms with E-state index in [2.05, 4.69) is 55.2 Å². The third-order valence-electron chi connectivity index (χ3n) is 6.25. The van der Waals surface area contributed by atoms with Crippen LogP contribution in [0.4, 0.5) is 8.78 Å². The first kappa shape index (κ1) is 21.3.